The summed E-state index contributed by atoms with van der Waals surface area (Å²) >= 11 is 0. The highest BCUT2D eigenvalue weighted by atomic mass is 19.4. The predicted molar refractivity (Wildman–Crippen MR) is 72.9 cm³/mol. The van der Waals surface area contributed by atoms with Crippen LogP contribution in [0.2, 0.25) is 0 Å². The highest BCUT2D eigenvalue weighted by molar-refractivity contribution is 5.82. The van der Waals surface area contributed by atoms with Gasteiger partial charge in [-0.05, 0) is 37.0 Å². The van der Waals surface area contributed by atoms with E-state index >= 15 is 0 Å². The second kappa shape index (κ2) is 7.67. The summed E-state index contributed by atoms with van der Waals surface area (Å²) in [7, 11) is 1.40. The van der Waals surface area contributed by atoms with Crippen LogP contribution in [0.1, 0.15) is 24.0 Å². The van der Waals surface area contributed by atoms with Crippen molar-refractivity contribution < 1.29 is 27.5 Å². The second-order valence-corrected chi connectivity index (χ2v) is 4.63. The quantitative estimate of drug-likeness (QED) is 0.844. The molecule has 8 heteroatoms. The van der Waals surface area contributed by atoms with E-state index in [-0.39, 0.29) is 6.42 Å². The van der Waals surface area contributed by atoms with Crippen molar-refractivity contribution in [2.75, 3.05) is 7.05 Å². The maximum absolute atomic E-state index is 12.4. The molecule has 0 unspecified atom stereocenters. The molecule has 0 spiro atoms. The Morgan fingerprint density at radius 2 is 1.86 bits per heavy atom. The fourth-order valence-electron chi connectivity index (χ4n) is 1.90. The Hall–Kier alpha value is -2.25. The third kappa shape index (κ3) is 5.63. The summed E-state index contributed by atoms with van der Waals surface area (Å²) in [6.45, 7) is 0. The van der Waals surface area contributed by atoms with Gasteiger partial charge in [-0.2, -0.15) is 13.2 Å². The van der Waals surface area contributed by atoms with Gasteiger partial charge in [0.2, 0.25) is 0 Å². The molecule has 0 aliphatic heterocycles. The molecule has 0 bridgehead atoms. The highest BCUT2D eigenvalue weighted by Gasteiger charge is 2.29. The minimum absolute atomic E-state index is 0.226. The average Bonchev–Trinajstić information content (AvgIpc) is 2.44. The number of likely N-dealkylation sites (N-methyl/N-ethyl adjacent to an activating group) is 1. The number of alkyl halides is 3. The fraction of sp³-hybridized carbons (Fsp3) is 0.429. The number of ether oxygens (including phenoxy) is 1. The zero-order chi connectivity index (χ0) is 16.8. The fourth-order valence-corrected chi connectivity index (χ4v) is 1.90. The zero-order valence-electron chi connectivity index (χ0n) is 11.9. The number of carbonyl (C=O) groups excluding carboxylic acids is 2. The number of hydrogen-bond donors (Lipinski definition) is 2. The number of primary amides is 1. The summed E-state index contributed by atoms with van der Waals surface area (Å²) in [5, 5.41) is 2.35. The Morgan fingerprint density at radius 1 is 1.27 bits per heavy atom. The number of hydrogen-bond acceptors (Lipinski definition) is 3. The van der Waals surface area contributed by atoms with Crippen LogP contribution in [-0.4, -0.2) is 25.2 Å². The number of nitrogens with two attached hydrogens (primary N) is 1. The minimum Gasteiger partial charge on any atom is -0.436 e. The molecule has 2 amide bonds. The third-order valence-electron chi connectivity index (χ3n) is 3.01. The van der Waals surface area contributed by atoms with Gasteiger partial charge in [0, 0.05) is 7.05 Å². The van der Waals surface area contributed by atoms with E-state index in [1.165, 1.54) is 19.2 Å². The first-order valence-corrected chi connectivity index (χ1v) is 6.58. The molecular formula is C14H17F3N2O3. The van der Waals surface area contributed by atoms with Gasteiger partial charge < -0.3 is 15.8 Å². The molecule has 0 aromatic heterocycles. The predicted octanol–water partition coefficient (Wildman–Crippen LogP) is 2.24. The Balaban J connectivity index is 2.54. The Morgan fingerprint density at radius 3 is 2.32 bits per heavy atom. The topological polar surface area (TPSA) is 81.4 Å². The maximum Gasteiger partial charge on any atom is 0.416 e. The lowest BCUT2D eigenvalue weighted by atomic mass is 10.0. The van der Waals surface area contributed by atoms with Crippen LogP contribution in [0.15, 0.2) is 24.3 Å². The molecule has 0 saturated heterocycles. The van der Waals surface area contributed by atoms with Crippen LogP contribution in [0.25, 0.3) is 0 Å². The van der Waals surface area contributed by atoms with Gasteiger partial charge in [-0.1, -0.05) is 12.1 Å². The van der Waals surface area contributed by atoms with Gasteiger partial charge in [-0.15, -0.1) is 0 Å². The van der Waals surface area contributed by atoms with E-state index in [0.29, 0.717) is 18.4 Å². The first-order valence-electron chi connectivity index (χ1n) is 6.58. The lowest BCUT2D eigenvalue weighted by Crippen LogP contribution is -2.37. The van der Waals surface area contributed by atoms with Crippen LogP contribution in [0.4, 0.5) is 18.0 Å². The Labute approximate surface area is 125 Å². The average molecular weight is 318 g/mol. The Kier molecular flexibility index (Phi) is 6.21. The van der Waals surface area contributed by atoms with Crippen molar-refractivity contribution in [3.05, 3.63) is 35.4 Å². The zero-order valence-corrected chi connectivity index (χ0v) is 11.9. The molecule has 3 N–H and O–H groups in total. The van der Waals surface area contributed by atoms with E-state index in [9.17, 15) is 22.8 Å². The molecule has 1 aromatic rings. The molecule has 122 valence electrons. The highest BCUT2D eigenvalue weighted by Crippen LogP contribution is 2.29. The molecule has 0 radical (unpaired) electrons. The van der Waals surface area contributed by atoms with Crippen LogP contribution in [0.5, 0.6) is 0 Å². The largest absolute Gasteiger partial charge is 0.436 e. The monoisotopic (exact) mass is 318 g/mol. The van der Waals surface area contributed by atoms with E-state index < -0.39 is 29.8 Å². The molecule has 0 heterocycles. The molecule has 1 atom stereocenters. The maximum atomic E-state index is 12.4. The summed E-state index contributed by atoms with van der Waals surface area (Å²) in [6, 6.07) is 4.77. The molecule has 0 aliphatic rings. The van der Waals surface area contributed by atoms with Crippen molar-refractivity contribution in [2.45, 2.75) is 31.5 Å². The summed E-state index contributed by atoms with van der Waals surface area (Å²) in [5.41, 5.74) is 4.86. The standard InChI is InChI=1S/C14H17F3N2O3/c1-19-12(20)11(22-13(18)21)4-2-3-9-5-7-10(8-6-9)14(15,16)17/h5-8,11H,2-4H2,1H3,(H2,18,21)(H,19,20)/t11-/m0/s1. The molecule has 1 rings (SSSR count). The number of rotatable bonds is 6. The van der Waals surface area contributed by atoms with Crippen LogP contribution < -0.4 is 11.1 Å². The first-order chi connectivity index (χ1) is 10.2. The summed E-state index contributed by atoms with van der Waals surface area (Å²) in [6.07, 6.45) is -5.29. The number of halogens is 3. The van der Waals surface area contributed by atoms with E-state index in [0.717, 1.165) is 12.1 Å². The third-order valence-corrected chi connectivity index (χ3v) is 3.01. The van der Waals surface area contributed by atoms with Crippen molar-refractivity contribution in [3.8, 4) is 0 Å². The molecule has 0 saturated carbocycles. The van der Waals surface area contributed by atoms with E-state index in [2.05, 4.69) is 10.1 Å². The van der Waals surface area contributed by atoms with Gasteiger partial charge in [0.25, 0.3) is 5.91 Å². The summed E-state index contributed by atoms with van der Waals surface area (Å²) in [5.74, 6) is -0.480. The van der Waals surface area contributed by atoms with Crippen molar-refractivity contribution in [1.29, 1.82) is 0 Å². The molecule has 1 aromatic carbocycles. The number of nitrogens with one attached hydrogen (secondary N) is 1. The number of benzene rings is 1. The summed E-state index contributed by atoms with van der Waals surface area (Å²) in [4.78, 5) is 22.2. The molecule has 5 nitrogen and oxygen atoms in total. The SMILES string of the molecule is CNC(=O)[C@H](CCCc1ccc(C(F)(F)F)cc1)OC(N)=O. The lowest BCUT2D eigenvalue weighted by molar-refractivity contribution is -0.137. The van der Waals surface area contributed by atoms with E-state index in [4.69, 9.17) is 5.73 Å². The van der Waals surface area contributed by atoms with Gasteiger partial charge in [-0.25, -0.2) is 4.79 Å². The molecule has 0 fully saturated rings. The first kappa shape index (κ1) is 17.8. The Bertz CT molecular complexity index is 515. The van der Waals surface area contributed by atoms with Crippen molar-refractivity contribution >= 4 is 12.0 Å². The second-order valence-electron chi connectivity index (χ2n) is 4.63. The number of carbonyl (C=O) groups is 2. The van der Waals surface area contributed by atoms with Crippen LogP contribution >= 0.6 is 0 Å². The van der Waals surface area contributed by atoms with Crippen molar-refractivity contribution in [1.82, 2.24) is 5.32 Å². The van der Waals surface area contributed by atoms with Gasteiger partial charge >= 0.3 is 12.3 Å². The van der Waals surface area contributed by atoms with Crippen LogP contribution in [0.3, 0.4) is 0 Å². The smallest absolute Gasteiger partial charge is 0.416 e. The summed E-state index contributed by atoms with van der Waals surface area (Å²) < 4.78 is 41.9. The normalized spacial score (nSPS) is 12.5. The number of amides is 2. The van der Waals surface area contributed by atoms with Crippen LogP contribution in [-0.2, 0) is 22.1 Å². The van der Waals surface area contributed by atoms with Crippen molar-refractivity contribution in [2.24, 2.45) is 5.73 Å². The van der Waals surface area contributed by atoms with Gasteiger partial charge in [0.15, 0.2) is 6.10 Å². The van der Waals surface area contributed by atoms with Crippen molar-refractivity contribution in [3.63, 3.8) is 0 Å². The van der Waals surface area contributed by atoms with E-state index in [1.54, 1.807) is 0 Å². The number of aryl methyl sites for hydroxylation is 1. The van der Waals surface area contributed by atoms with Gasteiger partial charge in [-0.3, -0.25) is 4.79 Å². The lowest BCUT2D eigenvalue weighted by Gasteiger charge is -2.15. The molecular weight excluding hydrogens is 301 g/mol. The molecule has 22 heavy (non-hydrogen) atoms. The van der Waals surface area contributed by atoms with Crippen LogP contribution in [0, 0.1) is 0 Å². The van der Waals surface area contributed by atoms with E-state index in [1.807, 2.05) is 0 Å². The minimum atomic E-state index is -4.36. The van der Waals surface area contributed by atoms with Gasteiger partial charge in [0.05, 0.1) is 5.56 Å². The molecule has 0 aliphatic carbocycles. The van der Waals surface area contributed by atoms with Gasteiger partial charge in [0.1, 0.15) is 0 Å².